The van der Waals surface area contributed by atoms with E-state index in [4.69, 9.17) is 11.6 Å². The van der Waals surface area contributed by atoms with Gasteiger partial charge in [-0.2, -0.15) is 16.1 Å². The quantitative estimate of drug-likeness (QED) is 0.821. The highest BCUT2D eigenvalue weighted by Gasteiger charge is 2.31. The van der Waals surface area contributed by atoms with Gasteiger partial charge in [0.25, 0.3) is 5.91 Å². The molecule has 2 heterocycles. The number of carbonyl (C=O) groups is 1. The zero-order valence-electron chi connectivity index (χ0n) is 12.9. The largest absolute Gasteiger partial charge is 0.321 e. The van der Waals surface area contributed by atoms with Crippen LogP contribution in [-0.2, 0) is 10.0 Å². The number of nitrogens with zero attached hydrogens (tertiary/aromatic N) is 1. The van der Waals surface area contributed by atoms with Crippen LogP contribution in [0.25, 0.3) is 0 Å². The Balaban J connectivity index is 1.85. The van der Waals surface area contributed by atoms with Gasteiger partial charge in [-0.05, 0) is 29.6 Å². The summed E-state index contributed by atoms with van der Waals surface area (Å²) in [5.74, 6) is 0.308. The maximum absolute atomic E-state index is 13.2. The van der Waals surface area contributed by atoms with E-state index in [1.807, 2.05) is 0 Å². The number of halogens is 2. The summed E-state index contributed by atoms with van der Waals surface area (Å²) in [6, 6.07) is 5.21. The van der Waals surface area contributed by atoms with Crippen molar-refractivity contribution in [2.24, 2.45) is 0 Å². The van der Waals surface area contributed by atoms with Crippen LogP contribution in [-0.4, -0.2) is 43.2 Å². The average Bonchev–Trinajstić information content (AvgIpc) is 3.10. The van der Waals surface area contributed by atoms with E-state index in [2.05, 4.69) is 5.32 Å². The number of hydrogen-bond acceptors (Lipinski definition) is 5. The molecule has 3 rings (SSSR count). The summed E-state index contributed by atoms with van der Waals surface area (Å²) in [5, 5.41) is 4.01. The number of sulfonamides is 1. The third-order valence-electron chi connectivity index (χ3n) is 3.60. The molecular formula is C15H14ClFN2O3S3. The van der Waals surface area contributed by atoms with Crippen molar-refractivity contribution in [1.29, 1.82) is 0 Å². The lowest BCUT2D eigenvalue weighted by Crippen LogP contribution is -2.38. The highest BCUT2D eigenvalue weighted by molar-refractivity contribution is 7.99. The van der Waals surface area contributed by atoms with Crippen molar-refractivity contribution in [2.45, 2.75) is 4.90 Å². The van der Waals surface area contributed by atoms with Gasteiger partial charge in [-0.3, -0.25) is 4.79 Å². The second-order valence-electron chi connectivity index (χ2n) is 5.21. The Bertz CT molecular complexity index is 895. The van der Waals surface area contributed by atoms with E-state index in [0.717, 1.165) is 28.9 Å². The van der Waals surface area contributed by atoms with Gasteiger partial charge in [-0.15, -0.1) is 11.3 Å². The van der Waals surface area contributed by atoms with E-state index in [1.54, 1.807) is 17.1 Å². The molecule has 1 aliphatic rings. The van der Waals surface area contributed by atoms with Crippen molar-refractivity contribution in [2.75, 3.05) is 29.9 Å². The highest BCUT2D eigenvalue weighted by Crippen LogP contribution is 2.28. The molecule has 0 radical (unpaired) electrons. The van der Waals surface area contributed by atoms with Crippen LogP contribution in [0, 0.1) is 5.82 Å². The Labute approximate surface area is 158 Å². The molecule has 0 saturated carbocycles. The van der Waals surface area contributed by atoms with Gasteiger partial charge in [-0.25, -0.2) is 12.8 Å². The minimum absolute atomic E-state index is 0.00453. The highest BCUT2D eigenvalue weighted by atomic mass is 35.5. The minimum Gasteiger partial charge on any atom is -0.321 e. The van der Waals surface area contributed by atoms with Crippen LogP contribution in [0.3, 0.4) is 0 Å². The first-order valence-corrected chi connectivity index (χ1v) is 11.2. The molecular weight excluding hydrogens is 407 g/mol. The Morgan fingerprint density at radius 1 is 1.24 bits per heavy atom. The van der Waals surface area contributed by atoms with Gasteiger partial charge in [0.2, 0.25) is 10.0 Å². The van der Waals surface area contributed by atoms with Crippen molar-refractivity contribution in [1.82, 2.24) is 4.31 Å². The maximum Gasteiger partial charge on any atom is 0.267 e. The number of carbonyl (C=O) groups excluding carboxylic acids is 1. The summed E-state index contributed by atoms with van der Waals surface area (Å²) in [7, 11) is -3.72. The van der Waals surface area contributed by atoms with Gasteiger partial charge in [0, 0.05) is 30.3 Å². The van der Waals surface area contributed by atoms with E-state index < -0.39 is 21.7 Å². The first kappa shape index (κ1) is 18.7. The topological polar surface area (TPSA) is 66.5 Å². The molecule has 1 saturated heterocycles. The number of rotatable bonds is 4. The van der Waals surface area contributed by atoms with Crippen LogP contribution in [0.2, 0.25) is 5.02 Å². The van der Waals surface area contributed by atoms with Crippen molar-refractivity contribution in [3.05, 3.63) is 45.4 Å². The SMILES string of the molecule is O=C(Nc1ccc(F)c(Cl)c1)c1sccc1S(=O)(=O)N1CCSCC1. The third kappa shape index (κ3) is 4.01. The molecule has 134 valence electrons. The van der Waals surface area contributed by atoms with E-state index >= 15 is 0 Å². The number of nitrogens with one attached hydrogen (secondary N) is 1. The van der Waals surface area contributed by atoms with Gasteiger partial charge in [0.05, 0.1) is 5.02 Å². The smallest absolute Gasteiger partial charge is 0.267 e. The molecule has 1 aromatic carbocycles. The van der Waals surface area contributed by atoms with Crippen LogP contribution in [0.15, 0.2) is 34.5 Å². The fraction of sp³-hybridized carbons (Fsp3) is 0.267. The Hall–Kier alpha value is -1.13. The molecule has 1 aromatic heterocycles. The molecule has 0 unspecified atom stereocenters. The molecule has 0 spiro atoms. The molecule has 5 nitrogen and oxygen atoms in total. The zero-order chi connectivity index (χ0) is 18.0. The summed E-state index contributed by atoms with van der Waals surface area (Å²) >= 11 is 8.45. The minimum atomic E-state index is -3.72. The normalized spacial score (nSPS) is 15.9. The second-order valence-corrected chi connectivity index (χ2v) is 9.67. The van der Waals surface area contributed by atoms with E-state index in [1.165, 1.54) is 22.5 Å². The molecule has 0 bridgehead atoms. The van der Waals surface area contributed by atoms with Crippen LogP contribution in [0.5, 0.6) is 0 Å². The molecule has 1 amide bonds. The van der Waals surface area contributed by atoms with Crippen molar-refractivity contribution < 1.29 is 17.6 Å². The molecule has 0 atom stereocenters. The first-order chi connectivity index (χ1) is 11.9. The maximum atomic E-state index is 13.2. The lowest BCUT2D eigenvalue weighted by atomic mass is 10.3. The summed E-state index contributed by atoms with van der Waals surface area (Å²) in [5.41, 5.74) is 0.294. The number of thioether (sulfide) groups is 1. The fourth-order valence-corrected chi connectivity index (χ4v) is 6.41. The predicted molar refractivity (Wildman–Crippen MR) is 99.8 cm³/mol. The summed E-state index contributed by atoms with van der Waals surface area (Å²) in [6.07, 6.45) is 0. The third-order valence-corrected chi connectivity index (χ3v) is 7.82. The van der Waals surface area contributed by atoms with Gasteiger partial charge >= 0.3 is 0 Å². The van der Waals surface area contributed by atoms with Crippen molar-refractivity contribution in [3.8, 4) is 0 Å². The van der Waals surface area contributed by atoms with Gasteiger partial charge < -0.3 is 5.32 Å². The Morgan fingerprint density at radius 2 is 1.96 bits per heavy atom. The monoisotopic (exact) mass is 420 g/mol. The van der Waals surface area contributed by atoms with E-state index in [-0.39, 0.29) is 14.8 Å². The summed E-state index contributed by atoms with van der Waals surface area (Å²) in [4.78, 5) is 12.6. The first-order valence-electron chi connectivity index (χ1n) is 7.31. The Kier molecular flexibility index (Phi) is 5.69. The van der Waals surface area contributed by atoms with Gasteiger partial charge in [0.1, 0.15) is 15.6 Å². The molecule has 10 heteroatoms. The number of thiophene rings is 1. The molecule has 1 N–H and O–H groups in total. The van der Waals surface area contributed by atoms with E-state index in [0.29, 0.717) is 18.8 Å². The molecule has 0 aliphatic carbocycles. The molecule has 1 aliphatic heterocycles. The van der Waals surface area contributed by atoms with Crippen molar-refractivity contribution in [3.63, 3.8) is 0 Å². The molecule has 1 fully saturated rings. The molecule has 2 aromatic rings. The number of hydrogen-bond donors (Lipinski definition) is 1. The van der Waals surface area contributed by atoms with E-state index in [9.17, 15) is 17.6 Å². The Morgan fingerprint density at radius 3 is 2.64 bits per heavy atom. The number of benzene rings is 1. The van der Waals surface area contributed by atoms with Crippen LogP contribution in [0.4, 0.5) is 10.1 Å². The van der Waals surface area contributed by atoms with Gasteiger partial charge in [0.15, 0.2) is 0 Å². The second kappa shape index (κ2) is 7.63. The number of amides is 1. The molecule has 25 heavy (non-hydrogen) atoms. The summed E-state index contributed by atoms with van der Waals surface area (Å²) < 4.78 is 40.2. The predicted octanol–water partition coefficient (Wildman–Crippen LogP) is 3.53. The fourth-order valence-electron chi connectivity index (χ4n) is 2.35. The van der Waals surface area contributed by atoms with Crippen LogP contribution in [0.1, 0.15) is 9.67 Å². The standard InChI is InChI=1S/C15H14ClFN2O3S3/c16-11-9-10(1-2-12(11)17)18-15(20)14-13(3-6-24-14)25(21,22)19-4-7-23-8-5-19/h1-3,6,9H,4-5,7-8H2,(H,18,20). The lowest BCUT2D eigenvalue weighted by Gasteiger charge is -2.25. The van der Waals surface area contributed by atoms with Crippen LogP contribution >= 0.6 is 34.7 Å². The van der Waals surface area contributed by atoms with Crippen molar-refractivity contribution >= 4 is 56.3 Å². The van der Waals surface area contributed by atoms with Gasteiger partial charge in [-0.1, -0.05) is 11.6 Å². The lowest BCUT2D eigenvalue weighted by molar-refractivity contribution is 0.102. The summed E-state index contributed by atoms with van der Waals surface area (Å²) in [6.45, 7) is 0.856. The zero-order valence-corrected chi connectivity index (χ0v) is 16.1. The van der Waals surface area contributed by atoms with Crippen LogP contribution < -0.4 is 5.32 Å². The average molecular weight is 421 g/mol. The number of anilines is 1.